The first-order valence-electron chi connectivity index (χ1n) is 3.93. The van der Waals surface area contributed by atoms with Gasteiger partial charge in [0.25, 0.3) is 0 Å². The molecule has 86 valence electrons. The van der Waals surface area contributed by atoms with Crippen LogP contribution in [0.1, 0.15) is 25.0 Å². The van der Waals surface area contributed by atoms with Crippen LogP contribution in [0.5, 0.6) is 0 Å². The van der Waals surface area contributed by atoms with E-state index in [2.05, 4.69) is 0 Å². The molecule has 1 aromatic carbocycles. The Morgan fingerprint density at radius 2 is 1.36 bits per heavy atom. The molecule has 0 saturated carbocycles. The van der Waals surface area contributed by atoms with E-state index >= 15 is 0 Å². The van der Waals surface area contributed by atoms with Crippen molar-refractivity contribution in [2.45, 2.75) is 27.7 Å². The second-order valence-electron chi connectivity index (χ2n) is 2.25. The molecular weight excluding hydrogens is 259 g/mol. The van der Waals surface area contributed by atoms with Crippen LogP contribution in [0.3, 0.4) is 0 Å². The number of aryl methyl sites for hydroxylation is 2. The molecule has 0 bridgehead atoms. The molecule has 1 aromatic rings. The quantitative estimate of drug-likeness (QED) is 0.679. The van der Waals surface area contributed by atoms with Crippen molar-refractivity contribution in [1.82, 2.24) is 0 Å². The molecule has 0 aromatic heterocycles. The van der Waals surface area contributed by atoms with E-state index in [4.69, 9.17) is 0 Å². The summed E-state index contributed by atoms with van der Waals surface area (Å²) in [5.41, 5.74) is 1.68. The maximum Gasteiger partial charge on any atom is 0.126 e. The maximum absolute atomic E-state index is 12.6. The molecule has 14 heavy (non-hydrogen) atoms. The molecule has 0 nitrogen and oxygen atoms in total. The van der Waals surface area contributed by atoms with Crippen LogP contribution in [-0.4, -0.2) is 0 Å². The Hall–Kier alpha value is 2.93. The monoisotopic (exact) mass is 274 g/mol. The van der Waals surface area contributed by atoms with Crippen LogP contribution in [-0.2, 0) is 0 Å². The van der Waals surface area contributed by atoms with Crippen molar-refractivity contribution in [2.75, 3.05) is 0 Å². The van der Waals surface area contributed by atoms with Crippen molar-refractivity contribution >= 4 is 0 Å². The Morgan fingerprint density at radius 3 is 1.64 bits per heavy atom. The van der Waals surface area contributed by atoms with Gasteiger partial charge in [-0.1, -0.05) is 26.0 Å². The molecule has 0 aliphatic carbocycles. The summed E-state index contributed by atoms with van der Waals surface area (Å²) in [4.78, 5) is 0. The molecule has 0 heterocycles. The number of halogens is 1. The minimum Gasteiger partial charge on any atom is -0.207 e. The van der Waals surface area contributed by atoms with Crippen LogP contribution in [0.15, 0.2) is 18.2 Å². The Morgan fingerprint density at radius 1 is 0.929 bits per heavy atom. The molecule has 0 saturated heterocycles. The fourth-order valence-electron chi connectivity index (χ4n) is 0.698. The fraction of sp³-hybridized carbons (Fsp3) is 0.400. The van der Waals surface area contributed by atoms with Gasteiger partial charge in [0.2, 0.25) is 0 Å². The minimum absolute atomic E-state index is 0. The molecule has 0 unspecified atom stereocenters. The predicted octanol–water partition coefficient (Wildman–Crippen LogP) is 3.47. The van der Waals surface area contributed by atoms with Gasteiger partial charge in [-0.25, -0.2) is 4.39 Å². The van der Waals surface area contributed by atoms with Crippen molar-refractivity contribution in [2.24, 2.45) is 0 Å². The van der Waals surface area contributed by atoms with Gasteiger partial charge in [-0.05, 0) is 31.0 Å². The summed E-state index contributed by atoms with van der Waals surface area (Å²) in [6.07, 6.45) is 0. The molecule has 4 heteroatoms. The molecular formula is C10H15Ar3F. The molecule has 0 fully saturated rings. The van der Waals surface area contributed by atoms with Crippen LogP contribution < -0.4 is 0 Å². The third kappa shape index (κ3) is 11.4. The number of hydrogen-bond acceptors (Lipinski definition) is 0. The molecule has 0 radical (unpaired) electrons. The summed E-state index contributed by atoms with van der Waals surface area (Å²) in [6.45, 7) is 7.64. The van der Waals surface area contributed by atoms with E-state index in [1.54, 1.807) is 13.0 Å². The third-order valence-corrected chi connectivity index (χ3v) is 1.33. The van der Waals surface area contributed by atoms with E-state index in [0.29, 0.717) is 5.56 Å². The van der Waals surface area contributed by atoms with Crippen LogP contribution >= 0.6 is 0 Å². The first-order chi connectivity index (χ1) is 5.20. The van der Waals surface area contributed by atoms with Crippen molar-refractivity contribution in [3.05, 3.63) is 35.1 Å². The molecule has 0 atom stereocenters. The standard InChI is InChI=1S/C8H9F.C2H6.3Ar/c1-6-3-4-7(2)8(9)5-6;1-2;;;/h3-5H,1-2H3;1-2H3;;;. The summed E-state index contributed by atoms with van der Waals surface area (Å²) in [7, 11) is 0. The van der Waals surface area contributed by atoms with Gasteiger partial charge in [0, 0.05) is 113 Å². The van der Waals surface area contributed by atoms with Crippen molar-refractivity contribution in [1.29, 1.82) is 0 Å². The Kier molecular flexibility index (Phi) is 29.2. The van der Waals surface area contributed by atoms with Gasteiger partial charge in [0.1, 0.15) is 5.82 Å². The smallest absolute Gasteiger partial charge is 0.126 e. The van der Waals surface area contributed by atoms with E-state index < -0.39 is 0 Å². The second kappa shape index (κ2) is 15.9. The zero-order valence-corrected chi connectivity index (χ0v) is 10.8. The van der Waals surface area contributed by atoms with E-state index in [-0.39, 0.29) is 119 Å². The largest absolute Gasteiger partial charge is 0.207 e. The Bertz CT molecular complexity index is 227. The number of benzene rings is 1. The van der Waals surface area contributed by atoms with E-state index in [1.807, 2.05) is 26.8 Å². The van der Waals surface area contributed by atoms with Gasteiger partial charge in [-0.3, -0.25) is 0 Å². The van der Waals surface area contributed by atoms with Gasteiger partial charge >= 0.3 is 0 Å². The van der Waals surface area contributed by atoms with Crippen LogP contribution in [0, 0.1) is 133 Å². The topological polar surface area (TPSA) is 0 Å². The first-order valence-corrected chi connectivity index (χ1v) is 3.93. The van der Waals surface area contributed by atoms with Gasteiger partial charge in [0.05, 0.1) is 0 Å². The maximum atomic E-state index is 12.6. The van der Waals surface area contributed by atoms with Gasteiger partial charge in [-0.2, -0.15) is 0 Å². The third-order valence-electron chi connectivity index (χ3n) is 1.33. The number of hydrogen-bond donors (Lipinski definition) is 0. The van der Waals surface area contributed by atoms with Crippen molar-refractivity contribution < 1.29 is 118 Å². The Labute approximate surface area is 176 Å². The normalized spacial score (nSPS) is 6.64. The van der Waals surface area contributed by atoms with Crippen molar-refractivity contribution in [3.8, 4) is 0 Å². The molecule has 0 spiro atoms. The van der Waals surface area contributed by atoms with E-state index in [9.17, 15) is 4.39 Å². The summed E-state index contributed by atoms with van der Waals surface area (Å²) in [6, 6.07) is 5.22. The summed E-state index contributed by atoms with van der Waals surface area (Å²) < 4.78 is 12.6. The van der Waals surface area contributed by atoms with Crippen LogP contribution in [0.25, 0.3) is 0 Å². The van der Waals surface area contributed by atoms with Crippen LogP contribution in [0.4, 0.5) is 4.39 Å². The van der Waals surface area contributed by atoms with E-state index in [0.717, 1.165) is 5.56 Å². The average Bonchev–Trinajstić information content (AvgIpc) is 2.02. The molecule has 0 N–H and O–H groups in total. The average molecular weight is 274 g/mol. The first kappa shape index (κ1) is 25.7. The molecule has 0 amide bonds. The van der Waals surface area contributed by atoms with Gasteiger partial charge < -0.3 is 0 Å². The van der Waals surface area contributed by atoms with Crippen molar-refractivity contribution in [3.63, 3.8) is 0 Å². The second-order valence-corrected chi connectivity index (χ2v) is 2.25. The van der Waals surface area contributed by atoms with Gasteiger partial charge in [-0.15, -0.1) is 0 Å². The zero-order chi connectivity index (χ0) is 8.85. The summed E-state index contributed by atoms with van der Waals surface area (Å²) in [5.74, 6) is -0.116. The fourth-order valence-corrected chi connectivity index (χ4v) is 0.698. The summed E-state index contributed by atoms with van der Waals surface area (Å²) >= 11 is 0. The SMILES string of the molecule is CC.Cc1ccc(C)c(F)c1.[Ar].[Ar].[Ar]. The minimum atomic E-state index is -0.116. The molecule has 1 rings (SSSR count). The zero-order valence-electron chi connectivity index (χ0n) is 8.67. The van der Waals surface area contributed by atoms with E-state index in [1.165, 1.54) is 6.07 Å². The van der Waals surface area contributed by atoms with Crippen LogP contribution in [0.2, 0.25) is 0 Å². The molecule has 0 aliphatic rings. The molecule has 0 aliphatic heterocycles. The summed E-state index contributed by atoms with van der Waals surface area (Å²) in [5, 5.41) is 0. The Balaban J connectivity index is -0.0000000942. The number of rotatable bonds is 0. The van der Waals surface area contributed by atoms with Gasteiger partial charge in [0.15, 0.2) is 0 Å². The predicted molar refractivity (Wildman–Crippen MR) is 47.2 cm³/mol.